The zero-order chi connectivity index (χ0) is 7.56. The van der Waals surface area contributed by atoms with Gasteiger partial charge in [-0.05, 0) is 19.1 Å². The molecule has 0 saturated carbocycles. The molecule has 3 heteroatoms. The van der Waals surface area contributed by atoms with Gasteiger partial charge >= 0.3 is 0 Å². The van der Waals surface area contributed by atoms with E-state index in [9.17, 15) is 0 Å². The molecule has 10 heavy (non-hydrogen) atoms. The van der Waals surface area contributed by atoms with Gasteiger partial charge in [-0.2, -0.15) is 0 Å². The summed E-state index contributed by atoms with van der Waals surface area (Å²) in [6.07, 6.45) is -0.606. The second-order valence-corrected chi connectivity index (χ2v) is 3.22. The van der Waals surface area contributed by atoms with Crippen LogP contribution in [0, 0.1) is 6.92 Å². The Balaban J connectivity index is 2.78. The van der Waals surface area contributed by atoms with Crippen molar-refractivity contribution in [1.29, 1.82) is 0 Å². The molecule has 55 valence electrons. The SMILES string of the molecule is [CH2]C(O)c1ccc(CN)s1. The monoisotopic (exact) mass is 156 g/mol. The summed E-state index contributed by atoms with van der Waals surface area (Å²) in [7, 11) is 0. The largest absolute Gasteiger partial charge is 0.388 e. The first kappa shape index (κ1) is 7.72. The molecule has 0 saturated heterocycles. The molecule has 1 rings (SSSR count). The maximum Gasteiger partial charge on any atom is 0.0883 e. The normalized spacial score (nSPS) is 13.5. The highest BCUT2D eigenvalue weighted by Gasteiger charge is 2.02. The minimum Gasteiger partial charge on any atom is -0.388 e. The number of hydrogen-bond donors (Lipinski definition) is 2. The standard InChI is InChI=1S/C7H10NOS/c1-5(9)7-3-2-6(4-8)10-7/h2-3,5,9H,1,4,8H2. The average Bonchev–Trinajstić information content (AvgIpc) is 2.34. The summed E-state index contributed by atoms with van der Waals surface area (Å²) in [6, 6.07) is 3.76. The Bertz CT molecular complexity index is 207. The molecular weight excluding hydrogens is 146 g/mol. The Hall–Kier alpha value is -0.380. The molecule has 0 aliphatic heterocycles. The molecule has 1 aromatic heterocycles. The lowest BCUT2D eigenvalue weighted by Crippen LogP contribution is -1.91. The molecule has 0 aliphatic carbocycles. The summed E-state index contributed by atoms with van der Waals surface area (Å²) in [5, 5.41) is 8.99. The Morgan fingerprint density at radius 1 is 1.70 bits per heavy atom. The van der Waals surface area contributed by atoms with E-state index in [1.54, 1.807) is 0 Å². The third-order valence-corrected chi connectivity index (χ3v) is 2.42. The Morgan fingerprint density at radius 3 is 2.70 bits per heavy atom. The zero-order valence-corrected chi connectivity index (χ0v) is 6.40. The summed E-state index contributed by atoms with van der Waals surface area (Å²) in [5.74, 6) is 0. The van der Waals surface area contributed by atoms with Gasteiger partial charge in [-0.3, -0.25) is 0 Å². The first-order chi connectivity index (χ1) is 4.74. The summed E-state index contributed by atoms with van der Waals surface area (Å²) in [6.45, 7) is 4.02. The van der Waals surface area contributed by atoms with Crippen molar-refractivity contribution < 1.29 is 5.11 Å². The zero-order valence-electron chi connectivity index (χ0n) is 5.58. The van der Waals surface area contributed by atoms with E-state index in [2.05, 4.69) is 6.92 Å². The van der Waals surface area contributed by atoms with E-state index in [4.69, 9.17) is 10.8 Å². The van der Waals surface area contributed by atoms with Crippen molar-refractivity contribution in [2.24, 2.45) is 5.73 Å². The van der Waals surface area contributed by atoms with E-state index >= 15 is 0 Å². The van der Waals surface area contributed by atoms with Crippen LogP contribution < -0.4 is 5.73 Å². The molecule has 0 spiro atoms. The molecule has 0 fully saturated rings. The number of nitrogens with two attached hydrogens (primary N) is 1. The molecule has 1 unspecified atom stereocenters. The van der Waals surface area contributed by atoms with Gasteiger partial charge in [0, 0.05) is 16.3 Å². The second-order valence-electron chi connectivity index (χ2n) is 2.02. The number of aliphatic hydroxyl groups is 1. The third-order valence-electron chi connectivity index (χ3n) is 1.21. The van der Waals surface area contributed by atoms with Crippen molar-refractivity contribution in [3.63, 3.8) is 0 Å². The van der Waals surface area contributed by atoms with Crippen molar-refractivity contribution in [3.05, 3.63) is 28.8 Å². The van der Waals surface area contributed by atoms with Crippen LogP contribution in [0.2, 0.25) is 0 Å². The molecule has 0 amide bonds. The van der Waals surface area contributed by atoms with Crippen LogP contribution in [0.15, 0.2) is 12.1 Å². The summed E-state index contributed by atoms with van der Waals surface area (Å²) < 4.78 is 0. The highest BCUT2D eigenvalue weighted by molar-refractivity contribution is 7.12. The maximum absolute atomic E-state index is 8.99. The van der Waals surface area contributed by atoms with E-state index in [-0.39, 0.29) is 0 Å². The van der Waals surface area contributed by atoms with E-state index in [1.165, 1.54) is 11.3 Å². The molecule has 2 nitrogen and oxygen atoms in total. The van der Waals surface area contributed by atoms with E-state index in [0.717, 1.165) is 9.75 Å². The van der Waals surface area contributed by atoms with E-state index in [1.807, 2.05) is 12.1 Å². The topological polar surface area (TPSA) is 46.2 Å². The van der Waals surface area contributed by atoms with Crippen LogP contribution in [0.3, 0.4) is 0 Å². The van der Waals surface area contributed by atoms with Crippen LogP contribution in [0.25, 0.3) is 0 Å². The first-order valence-electron chi connectivity index (χ1n) is 3.04. The third kappa shape index (κ3) is 1.56. The van der Waals surface area contributed by atoms with Gasteiger partial charge in [0.05, 0.1) is 6.10 Å². The predicted octanol–water partition coefficient (Wildman–Crippen LogP) is 1.07. The Morgan fingerprint density at radius 2 is 2.40 bits per heavy atom. The summed E-state index contributed by atoms with van der Waals surface area (Å²) in [4.78, 5) is 1.96. The van der Waals surface area contributed by atoms with Gasteiger partial charge in [0.2, 0.25) is 0 Å². The molecule has 0 bridgehead atoms. The lowest BCUT2D eigenvalue weighted by molar-refractivity contribution is 0.230. The van der Waals surface area contributed by atoms with Crippen molar-refractivity contribution in [2.45, 2.75) is 12.6 Å². The van der Waals surface area contributed by atoms with Crippen molar-refractivity contribution >= 4 is 11.3 Å². The van der Waals surface area contributed by atoms with Gasteiger partial charge in [0.1, 0.15) is 0 Å². The predicted molar refractivity (Wildman–Crippen MR) is 42.5 cm³/mol. The molecule has 1 atom stereocenters. The molecule has 1 aromatic rings. The highest BCUT2D eigenvalue weighted by atomic mass is 32.1. The summed E-state index contributed by atoms with van der Waals surface area (Å²) >= 11 is 1.50. The van der Waals surface area contributed by atoms with Gasteiger partial charge in [-0.1, -0.05) is 0 Å². The van der Waals surface area contributed by atoms with E-state index in [0.29, 0.717) is 6.54 Å². The fraction of sp³-hybridized carbons (Fsp3) is 0.286. The Labute approximate surface area is 64.3 Å². The van der Waals surface area contributed by atoms with Crippen molar-refractivity contribution in [2.75, 3.05) is 0 Å². The number of thiophene rings is 1. The van der Waals surface area contributed by atoms with Gasteiger partial charge in [-0.15, -0.1) is 11.3 Å². The highest BCUT2D eigenvalue weighted by Crippen LogP contribution is 2.21. The van der Waals surface area contributed by atoms with Crippen molar-refractivity contribution in [1.82, 2.24) is 0 Å². The summed E-state index contributed by atoms with van der Waals surface area (Å²) in [5.41, 5.74) is 5.37. The smallest absolute Gasteiger partial charge is 0.0883 e. The van der Waals surface area contributed by atoms with Gasteiger partial charge in [-0.25, -0.2) is 0 Å². The lowest BCUT2D eigenvalue weighted by Gasteiger charge is -1.96. The quantitative estimate of drug-likeness (QED) is 0.673. The number of hydrogen-bond acceptors (Lipinski definition) is 3. The minimum absolute atomic E-state index is 0.539. The molecule has 1 heterocycles. The number of aliphatic hydroxyl groups excluding tert-OH is 1. The van der Waals surface area contributed by atoms with Crippen LogP contribution in [-0.2, 0) is 6.54 Å². The first-order valence-corrected chi connectivity index (χ1v) is 3.85. The van der Waals surface area contributed by atoms with Gasteiger partial charge in [0.15, 0.2) is 0 Å². The lowest BCUT2D eigenvalue weighted by atomic mass is 10.3. The van der Waals surface area contributed by atoms with Crippen LogP contribution >= 0.6 is 11.3 Å². The molecule has 0 aromatic carbocycles. The molecular formula is C7H10NOS. The van der Waals surface area contributed by atoms with Gasteiger partial charge < -0.3 is 10.8 Å². The minimum atomic E-state index is -0.606. The fourth-order valence-electron chi connectivity index (χ4n) is 0.683. The molecule has 1 radical (unpaired) electrons. The van der Waals surface area contributed by atoms with Gasteiger partial charge in [0.25, 0.3) is 0 Å². The maximum atomic E-state index is 8.99. The molecule has 3 N–H and O–H groups in total. The van der Waals surface area contributed by atoms with Crippen LogP contribution in [0.5, 0.6) is 0 Å². The van der Waals surface area contributed by atoms with Crippen LogP contribution in [0.4, 0.5) is 0 Å². The average molecular weight is 156 g/mol. The number of rotatable bonds is 2. The molecule has 0 aliphatic rings. The second kappa shape index (κ2) is 3.14. The Kier molecular flexibility index (Phi) is 2.43. The van der Waals surface area contributed by atoms with E-state index < -0.39 is 6.10 Å². The van der Waals surface area contributed by atoms with Crippen molar-refractivity contribution in [3.8, 4) is 0 Å². The van der Waals surface area contributed by atoms with Crippen LogP contribution in [0.1, 0.15) is 15.9 Å². The van der Waals surface area contributed by atoms with Crippen LogP contribution in [-0.4, -0.2) is 5.11 Å². The fourth-order valence-corrected chi connectivity index (χ4v) is 1.48.